The summed E-state index contributed by atoms with van der Waals surface area (Å²) in [5.41, 5.74) is -0.668. The molecular formula is C15H24N2O3. The van der Waals surface area contributed by atoms with Gasteiger partial charge in [-0.25, -0.2) is 4.79 Å². The normalized spacial score (nSPS) is 31.3. The van der Waals surface area contributed by atoms with Crippen molar-refractivity contribution in [3.8, 4) is 0 Å². The van der Waals surface area contributed by atoms with Crippen LogP contribution in [0, 0.1) is 17.3 Å². The number of nitrogens with one attached hydrogen (secondary N) is 1. The smallest absolute Gasteiger partial charge is 0.317 e. The van der Waals surface area contributed by atoms with Crippen molar-refractivity contribution >= 4 is 12.0 Å². The van der Waals surface area contributed by atoms with Gasteiger partial charge < -0.3 is 15.3 Å². The maximum Gasteiger partial charge on any atom is 0.317 e. The van der Waals surface area contributed by atoms with Crippen molar-refractivity contribution in [1.29, 1.82) is 0 Å². The average Bonchev–Trinajstić information content (AvgIpc) is 3.25. The molecule has 2 aliphatic carbocycles. The van der Waals surface area contributed by atoms with Gasteiger partial charge in [0.25, 0.3) is 0 Å². The van der Waals surface area contributed by atoms with Gasteiger partial charge in [0, 0.05) is 19.6 Å². The number of hydrogen-bond donors (Lipinski definition) is 2. The van der Waals surface area contributed by atoms with E-state index in [0.29, 0.717) is 18.8 Å². The molecule has 0 spiro atoms. The highest BCUT2D eigenvalue weighted by Crippen LogP contribution is 2.45. The molecule has 1 heterocycles. The molecule has 0 aromatic carbocycles. The summed E-state index contributed by atoms with van der Waals surface area (Å²) in [5.74, 6) is 0.697. The Morgan fingerprint density at radius 1 is 1.15 bits per heavy atom. The lowest BCUT2D eigenvalue weighted by Gasteiger charge is -2.41. The molecule has 0 bridgehead atoms. The molecule has 2 amide bonds. The van der Waals surface area contributed by atoms with E-state index in [1.165, 1.54) is 25.7 Å². The second-order valence-electron chi connectivity index (χ2n) is 6.78. The lowest BCUT2D eigenvalue weighted by molar-refractivity contribution is -0.143. The largest absolute Gasteiger partial charge is 0.481 e. The lowest BCUT2D eigenvalue weighted by Crippen LogP contribution is -2.50. The fourth-order valence-corrected chi connectivity index (χ4v) is 3.76. The highest BCUT2D eigenvalue weighted by Gasteiger charge is 2.50. The fraction of sp³-hybridized carbons (Fsp3) is 0.867. The third-order valence-corrected chi connectivity index (χ3v) is 5.46. The molecule has 3 fully saturated rings. The lowest BCUT2D eigenvalue weighted by atomic mass is 9.75. The molecule has 2 N–H and O–H groups in total. The van der Waals surface area contributed by atoms with Crippen LogP contribution in [0.25, 0.3) is 0 Å². The first kappa shape index (κ1) is 13.7. The van der Waals surface area contributed by atoms with Gasteiger partial charge >= 0.3 is 12.0 Å². The number of carboxylic acid groups (broad SMARTS) is 1. The zero-order valence-electron chi connectivity index (χ0n) is 11.9. The van der Waals surface area contributed by atoms with Crippen LogP contribution >= 0.6 is 0 Å². The van der Waals surface area contributed by atoms with Crippen LogP contribution < -0.4 is 5.32 Å². The monoisotopic (exact) mass is 280 g/mol. The number of carbonyl (C=O) groups excluding carboxylic acids is 1. The van der Waals surface area contributed by atoms with Gasteiger partial charge in [-0.15, -0.1) is 0 Å². The summed E-state index contributed by atoms with van der Waals surface area (Å²) >= 11 is 0. The number of nitrogens with zero attached hydrogens (tertiary/aromatic N) is 1. The molecule has 5 nitrogen and oxygen atoms in total. The van der Waals surface area contributed by atoms with Gasteiger partial charge in [0.1, 0.15) is 0 Å². The molecule has 112 valence electrons. The highest BCUT2D eigenvalue weighted by atomic mass is 16.4. The van der Waals surface area contributed by atoms with Crippen molar-refractivity contribution in [3.63, 3.8) is 0 Å². The van der Waals surface area contributed by atoms with Crippen molar-refractivity contribution in [2.75, 3.05) is 19.6 Å². The molecule has 1 aliphatic heterocycles. The van der Waals surface area contributed by atoms with Crippen LogP contribution in [-0.4, -0.2) is 41.6 Å². The van der Waals surface area contributed by atoms with Crippen molar-refractivity contribution in [2.45, 2.75) is 44.9 Å². The van der Waals surface area contributed by atoms with Gasteiger partial charge in [-0.05, 0) is 37.5 Å². The number of fused-ring (bicyclic) bond motifs is 1. The van der Waals surface area contributed by atoms with Gasteiger partial charge in [0.15, 0.2) is 0 Å². The molecule has 5 heteroatoms. The first-order valence-corrected chi connectivity index (χ1v) is 7.87. The van der Waals surface area contributed by atoms with Gasteiger partial charge in [0.05, 0.1) is 5.41 Å². The van der Waals surface area contributed by atoms with E-state index < -0.39 is 11.4 Å². The quantitative estimate of drug-likeness (QED) is 0.831. The summed E-state index contributed by atoms with van der Waals surface area (Å²) in [5, 5.41) is 12.0. The van der Waals surface area contributed by atoms with E-state index in [-0.39, 0.29) is 12.6 Å². The van der Waals surface area contributed by atoms with E-state index in [4.69, 9.17) is 5.11 Å². The van der Waals surface area contributed by atoms with Crippen LogP contribution in [0.2, 0.25) is 0 Å². The first-order valence-electron chi connectivity index (χ1n) is 7.87. The van der Waals surface area contributed by atoms with Gasteiger partial charge in [-0.1, -0.05) is 19.3 Å². The molecule has 0 aromatic rings. The number of hydrogen-bond acceptors (Lipinski definition) is 2. The van der Waals surface area contributed by atoms with E-state index in [1.807, 2.05) is 4.90 Å². The van der Waals surface area contributed by atoms with E-state index in [0.717, 1.165) is 25.4 Å². The number of carbonyl (C=O) groups is 2. The van der Waals surface area contributed by atoms with Crippen molar-refractivity contribution < 1.29 is 14.7 Å². The third kappa shape index (κ3) is 2.63. The van der Waals surface area contributed by atoms with Crippen LogP contribution in [0.3, 0.4) is 0 Å². The van der Waals surface area contributed by atoms with E-state index in [9.17, 15) is 9.59 Å². The number of likely N-dealkylation sites (tertiary alicyclic amines) is 1. The van der Waals surface area contributed by atoms with Gasteiger partial charge in [-0.3, -0.25) is 4.79 Å². The molecule has 3 rings (SSSR count). The summed E-state index contributed by atoms with van der Waals surface area (Å²) in [6.45, 7) is 1.97. The third-order valence-electron chi connectivity index (χ3n) is 5.46. The standard InChI is InChI=1S/C15H24N2O3/c18-13(19)15(6-7-15)10-16-14(20)17-8-5-11-3-1-2-4-12(11)9-17/h11-12H,1-10H2,(H,16,20)(H,18,19). The van der Waals surface area contributed by atoms with Gasteiger partial charge in [-0.2, -0.15) is 0 Å². The van der Waals surface area contributed by atoms with Crippen LogP contribution in [-0.2, 0) is 4.79 Å². The first-order chi connectivity index (χ1) is 9.61. The Morgan fingerprint density at radius 2 is 1.85 bits per heavy atom. The summed E-state index contributed by atoms with van der Waals surface area (Å²) in [7, 11) is 0. The van der Waals surface area contributed by atoms with Crippen molar-refractivity contribution in [1.82, 2.24) is 10.2 Å². The Labute approximate surface area is 119 Å². The molecule has 0 radical (unpaired) electrons. The van der Waals surface area contributed by atoms with E-state index >= 15 is 0 Å². The second kappa shape index (κ2) is 5.26. The predicted octanol–water partition coefficient (Wildman–Crippen LogP) is 2.07. The Hall–Kier alpha value is -1.26. The molecule has 1 saturated heterocycles. The minimum atomic E-state index is -0.774. The minimum absolute atomic E-state index is 0.0680. The number of carboxylic acids is 1. The summed E-state index contributed by atoms with van der Waals surface area (Å²) in [6, 6.07) is -0.0680. The number of amides is 2. The summed E-state index contributed by atoms with van der Waals surface area (Å²) in [6.07, 6.45) is 7.69. The Morgan fingerprint density at radius 3 is 2.50 bits per heavy atom. The van der Waals surface area contributed by atoms with Crippen molar-refractivity contribution in [3.05, 3.63) is 0 Å². The Balaban J connectivity index is 1.49. The van der Waals surface area contributed by atoms with E-state index in [1.54, 1.807) is 0 Å². The molecule has 3 aliphatic rings. The topological polar surface area (TPSA) is 69.6 Å². The second-order valence-corrected chi connectivity index (χ2v) is 6.78. The number of piperidine rings is 1. The Kier molecular flexibility index (Phi) is 3.61. The SMILES string of the molecule is O=C(NCC1(C(=O)O)CC1)N1CCC2CCCCC2C1. The highest BCUT2D eigenvalue weighted by molar-refractivity contribution is 5.80. The molecular weight excluding hydrogens is 256 g/mol. The summed E-state index contributed by atoms with van der Waals surface area (Å²) < 4.78 is 0. The van der Waals surface area contributed by atoms with Crippen LogP contribution in [0.4, 0.5) is 4.79 Å². The van der Waals surface area contributed by atoms with E-state index in [2.05, 4.69) is 5.32 Å². The number of aliphatic carboxylic acids is 1. The molecule has 2 saturated carbocycles. The minimum Gasteiger partial charge on any atom is -0.481 e. The van der Waals surface area contributed by atoms with Crippen LogP contribution in [0.1, 0.15) is 44.9 Å². The van der Waals surface area contributed by atoms with Crippen LogP contribution in [0.15, 0.2) is 0 Å². The van der Waals surface area contributed by atoms with Gasteiger partial charge in [0.2, 0.25) is 0 Å². The summed E-state index contributed by atoms with van der Waals surface area (Å²) in [4.78, 5) is 25.2. The average molecular weight is 280 g/mol. The zero-order chi connectivity index (χ0) is 14.2. The maximum atomic E-state index is 12.2. The molecule has 2 atom stereocenters. The fourth-order valence-electron chi connectivity index (χ4n) is 3.76. The predicted molar refractivity (Wildman–Crippen MR) is 74.3 cm³/mol. The Bertz CT molecular complexity index is 406. The molecule has 2 unspecified atom stereocenters. The molecule has 0 aromatic heterocycles. The number of urea groups is 1. The zero-order valence-corrected chi connectivity index (χ0v) is 11.9. The van der Waals surface area contributed by atoms with Crippen molar-refractivity contribution in [2.24, 2.45) is 17.3 Å². The number of rotatable bonds is 3. The molecule has 20 heavy (non-hydrogen) atoms. The maximum absolute atomic E-state index is 12.2. The van der Waals surface area contributed by atoms with Crippen LogP contribution in [0.5, 0.6) is 0 Å².